The predicted octanol–water partition coefficient (Wildman–Crippen LogP) is 2.22. The van der Waals surface area contributed by atoms with Gasteiger partial charge >= 0.3 is 12.1 Å². The number of amides is 1. The molecule has 8 heteroatoms. The fourth-order valence-electron chi connectivity index (χ4n) is 2.30. The van der Waals surface area contributed by atoms with Gasteiger partial charge in [0, 0.05) is 24.2 Å². The Bertz CT molecular complexity index is 592. The summed E-state index contributed by atoms with van der Waals surface area (Å²) < 4.78 is 4.74. The van der Waals surface area contributed by atoms with E-state index in [4.69, 9.17) is 15.6 Å². The van der Waals surface area contributed by atoms with E-state index in [1.54, 1.807) is 39.1 Å². The van der Waals surface area contributed by atoms with Crippen molar-refractivity contribution in [3.8, 4) is 0 Å². The summed E-state index contributed by atoms with van der Waals surface area (Å²) in [4.78, 5) is 29.6. The molecule has 1 aromatic heterocycles. The molecular formula is C15H21N3O4S. The van der Waals surface area contributed by atoms with Gasteiger partial charge in [-0.15, -0.1) is 11.8 Å². The molecule has 1 aromatic rings. The number of nitrogens with zero attached hydrogens (tertiary/aromatic N) is 2. The topological polar surface area (TPSA) is 106 Å². The molecule has 0 aromatic carbocycles. The van der Waals surface area contributed by atoms with Gasteiger partial charge in [0.2, 0.25) is 0 Å². The minimum atomic E-state index is -0.898. The Balaban J connectivity index is 2.04. The molecule has 1 aliphatic rings. The first kappa shape index (κ1) is 17.4. The van der Waals surface area contributed by atoms with Gasteiger partial charge in [0.1, 0.15) is 11.4 Å². The zero-order chi connectivity index (χ0) is 17.3. The van der Waals surface area contributed by atoms with Crippen LogP contribution in [0, 0.1) is 0 Å². The van der Waals surface area contributed by atoms with Crippen molar-refractivity contribution in [1.29, 1.82) is 0 Å². The number of nitrogen functional groups attached to an aromatic ring is 1. The molecule has 0 saturated carbocycles. The van der Waals surface area contributed by atoms with Gasteiger partial charge in [0.25, 0.3) is 0 Å². The first-order valence-electron chi connectivity index (χ1n) is 7.19. The van der Waals surface area contributed by atoms with Crippen molar-refractivity contribution in [3.63, 3.8) is 0 Å². The first-order chi connectivity index (χ1) is 10.6. The number of carboxylic acid groups (broad SMARTS) is 1. The number of likely N-dealkylation sites (tertiary alicyclic amines) is 1. The Labute approximate surface area is 139 Å². The molecule has 2 heterocycles. The van der Waals surface area contributed by atoms with Crippen molar-refractivity contribution in [2.75, 3.05) is 18.8 Å². The van der Waals surface area contributed by atoms with E-state index >= 15 is 0 Å². The van der Waals surface area contributed by atoms with Gasteiger partial charge in [-0.3, -0.25) is 4.79 Å². The van der Waals surface area contributed by atoms with Crippen LogP contribution in [0.2, 0.25) is 0 Å². The Morgan fingerprint density at radius 3 is 2.57 bits per heavy atom. The minimum Gasteiger partial charge on any atom is -0.481 e. The monoisotopic (exact) mass is 339 g/mol. The third kappa shape index (κ3) is 4.75. The second kappa shape index (κ2) is 6.27. The summed E-state index contributed by atoms with van der Waals surface area (Å²) in [5.41, 5.74) is 4.98. The normalized spacial score (nSPS) is 16.6. The number of carbonyl (C=O) groups is 2. The van der Waals surface area contributed by atoms with Gasteiger partial charge in [0.05, 0.1) is 11.2 Å². The third-order valence-corrected chi connectivity index (χ3v) is 4.49. The van der Waals surface area contributed by atoms with Crippen molar-refractivity contribution in [1.82, 2.24) is 9.88 Å². The number of aromatic nitrogens is 1. The van der Waals surface area contributed by atoms with Gasteiger partial charge in [-0.1, -0.05) is 0 Å². The zero-order valence-electron chi connectivity index (χ0n) is 13.4. The van der Waals surface area contributed by atoms with E-state index in [-0.39, 0.29) is 6.42 Å². The molecular weight excluding hydrogens is 318 g/mol. The summed E-state index contributed by atoms with van der Waals surface area (Å²) in [6.45, 7) is 6.03. The highest BCUT2D eigenvalue weighted by Gasteiger charge is 2.48. The number of carboxylic acids is 1. The van der Waals surface area contributed by atoms with Crippen molar-refractivity contribution in [2.45, 2.75) is 42.4 Å². The quantitative estimate of drug-likeness (QED) is 0.866. The second-order valence-electron chi connectivity index (χ2n) is 6.61. The molecule has 1 aliphatic heterocycles. The Morgan fingerprint density at radius 1 is 1.43 bits per heavy atom. The van der Waals surface area contributed by atoms with E-state index < -0.39 is 22.4 Å². The molecule has 3 N–H and O–H groups in total. The maximum Gasteiger partial charge on any atom is 0.410 e. The lowest BCUT2D eigenvalue weighted by Crippen LogP contribution is -2.62. The number of ether oxygens (including phenoxy) is 1. The highest BCUT2D eigenvalue weighted by atomic mass is 32.2. The summed E-state index contributed by atoms with van der Waals surface area (Å²) in [5.74, 6) is -0.490. The molecule has 23 heavy (non-hydrogen) atoms. The summed E-state index contributed by atoms with van der Waals surface area (Å²) in [7, 11) is 0. The maximum atomic E-state index is 12.0. The minimum absolute atomic E-state index is 0.0403. The SMILES string of the molecule is CC(C)(C)OC(=O)N1CC(CC(=O)O)(Sc2ccc(N)nc2)C1. The second-order valence-corrected chi connectivity index (χ2v) is 8.15. The first-order valence-corrected chi connectivity index (χ1v) is 8.00. The average Bonchev–Trinajstić information content (AvgIpc) is 2.35. The third-order valence-electron chi connectivity index (χ3n) is 3.18. The summed E-state index contributed by atoms with van der Waals surface area (Å²) in [6, 6.07) is 3.47. The summed E-state index contributed by atoms with van der Waals surface area (Å²) in [6.07, 6.45) is 1.15. The van der Waals surface area contributed by atoms with Crippen LogP contribution in [0.3, 0.4) is 0 Å². The van der Waals surface area contributed by atoms with Crippen LogP contribution in [0.15, 0.2) is 23.2 Å². The highest BCUT2D eigenvalue weighted by Crippen LogP contribution is 2.43. The van der Waals surface area contributed by atoms with Gasteiger partial charge in [-0.2, -0.15) is 0 Å². The van der Waals surface area contributed by atoms with Crippen LogP contribution in [-0.4, -0.2) is 50.5 Å². The van der Waals surface area contributed by atoms with Crippen LogP contribution >= 0.6 is 11.8 Å². The van der Waals surface area contributed by atoms with Crippen LogP contribution in [-0.2, 0) is 9.53 Å². The number of hydrogen-bond donors (Lipinski definition) is 2. The lowest BCUT2D eigenvalue weighted by molar-refractivity contribution is -0.138. The molecule has 0 spiro atoms. The smallest absolute Gasteiger partial charge is 0.410 e. The molecule has 0 unspecified atom stereocenters. The van der Waals surface area contributed by atoms with E-state index in [9.17, 15) is 9.59 Å². The van der Waals surface area contributed by atoms with Crippen molar-refractivity contribution < 1.29 is 19.4 Å². The number of anilines is 1. The molecule has 0 bridgehead atoms. The van der Waals surface area contributed by atoms with Crippen molar-refractivity contribution in [2.24, 2.45) is 0 Å². The molecule has 126 valence electrons. The number of aliphatic carboxylic acids is 1. The van der Waals surface area contributed by atoms with E-state index in [1.165, 1.54) is 16.7 Å². The fraction of sp³-hybridized carbons (Fsp3) is 0.533. The lowest BCUT2D eigenvalue weighted by Gasteiger charge is -2.48. The van der Waals surface area contributed by atoms with Crippen LogP contribution in [0.25, 0.3) is 0 Å². The van der Waals surface area contributed by atoms with Gasteiger partial charge in [-0.05, 0) is 32.9 Å². The van der Waals surface area contributed by atoms with Crippen molar-refractivity contribution in [3.05, 3.63) is 18.3 Å². The van der Waals surface area contributed by atoms with E-state index in [1.807, 2.05) is 0 Å². The van der Waals surface area contributed by atoms with E-state index in [2.05, 4.69) is 4.98 Å². The van der Waals surface area contributed by atoms with Crippen LogP contribution < -0.4 is 5.73 Å². The maximum absolute atomic E-state index is 12.0. The molecule has 0 atom stereocenters. The number of thioether (sulfide) groups is 1. The van der Waals surface area contributed by atoms with E-state index in [0.29, 0.717) is 18.9 Å². The molecule has 2 rings (SSSR count). The van der Waals surface area contributed by atoms with Gasteiger partial charge < -0.3 is 20.5 Å². The van der Waals surface area contributed by atoms with Gasteiger partial charge in [-0.25, -0.2) is 9.78 Å². The van der Waals surface area contributed by atoms with E-state index in [0.717, 1.165) is 4.90 Å². The molecule has 1 saturated heterocycles. The standard InChI is InChI=1S/C15H21N3O4S/c1-14(2,3)22-13(21)18-8-15(9-18,6-12(19)20)23-10-4-5-11(16)17-7-10/h4-5,7H,6,8-9H2,1-3H3,(H2,16,17)(H,19,20). The summed E-state index contributed by atoms with van der Waals surface area (Å²) >= 11 is 1.41. The zero-order valence-corrected chi connectivity index (χ0v) is 14.2. The fourth-order valence-corrected chi connectivity index (χ4v) is 3.67. The largest absolute Gasteiger partial charge is 0.481 e. The predicted molar refractivity (Wildman–Crippen MR) is 87.3 cm³/mol. The average molecular weight is 339 g/mol. The molecule has 1 fully saturated rings. The number of nitrogens with two attached hydrogens (primary N) is 1. The highest BCUT2D eigenvalue weighted by molar-refractivity contribution is 8.00. The van der Waals surface area contributed by atoms with Crippen LogP contribution in [0.4, 0.5) is 10.6 Å². The number of rotatable bonds is 4. The number of pyridine rings is 1. The molecule has 1 amide bonds. The van der Waals surface area contributed by atoms with Crippen LogP contribution in [0.1, 0.15) is 27.2 Å². The molecule has 0 aliphatic carbocycles. The number of carbonyl (C=O) groups excluding carboxylic acids is 1. The molecule has 7 nitrogen and oxygen atoms in total. The number of hydrogen-bond acceptors (Lipinski definition) is 6. The Kier molecular flexibility index (Phi) is 4.74. The lowest BCUT2D eigenvalue weighted by atomic mass is 9.95. The van der Waals surface area contributed by atoms with Crippen molar-refractivity contribution >= 4 is 29.6 Å². The summed E-state index contributed by atoms with van der Waals surface area (Å²) in [5, 5.41) is 9.16. The Hall–Kier alpha value is -1.96. The van der Waals surface area contributed by atoms with Crippen LogP contribution in [0.5, 0.6) is 0 Å². The Morgan fingerprint density at radius 2 is 2.09 bits per heavy atom. The molecule has 0 radical (unpaired) electrons. The van der Waals surface area contributed by atoms with Gasteiger partial charge in [0.15, 0.2) is 0 Å².